The molecule has 5 nitrogen and oxygen atoms in total. The fourth-order valence-corrected chi connectivity index (χ4v) is 10.9. The van der Waals surface area contributed by atoms with Crippen LogP contribution in [0.25, 0.3) is 77.5 Å². The van der Waals surface area contributed by atoms with Crippen LogP contribution in [-0.2, 0) is 20.1 Å². The number of ether oxygens (including phenoxy) is 1. The molecule has 1 atom stereocenters. The largest absolute Gasteiger partial charge is 0.499 e. The molecule has 0 spiro atoms. The van der Waals surface area contributed by atoms with Gasteiger partial charge in [-0.3, -0.25) is 4.98 Å². The standard InChI is InChI=1S/C37H29N2O.C22H32NOSi.Ir/c1-22-16-23(2)35(33-20-27-10-6-7-11-29(27)21-39(33)5)37-34(22)32-15-9-14-31(36(32)40-37)28-13-8-12-26(19-28)30-17-24(3)38-25(4)18-30;1-15(2)17(4)20-13-21(23(5)14-22(20)25(7,8)9)19-12-18(24-6)11-10-16(19)3;/h6-21H,2,5H2,1,3-4H3;10-15,17H,3,5H2,1-2,4,6-9H3;/q2*-1;. The maximum atomic E-state index is 6.84. The predicted molar refractivity (Wildman–Crippen MR) is 275 cm³/mol. The topological polar surface area (TPSA) is 43.0 Å². The third-order valence-corrected chi connectivity index (χ3v) is 14.9. The van der Waals surface area contributed by atoms with Crippen molar-refractivity contribution in [3.8, 4) is 50.5 Å². The summed E-state index contributed by atoms with van der Waals surface area (Å²) in [6.07, 6.45) is 4.31. The molecule has 0 bridgehead atoms. The number of aromatic nitrogens is 3. The molecule has 0 N–H and O–H groups in total. The zero-order valence-corrected chi connectivity index (χ0v) is 43.5. The molecule has 0 aliphatic carbocycles. The molecule has 339 valence electrons. The van der Waals surface area contributed by atoms with Crippen molar-refractivity contribution in [1.29, 1.82) is 0 Å². The van der Waals surface area contributed by atoms with Crippen LogP contribution in [0.2, 0.25) is 19.6 Å². The van der Waals surface area contributed by atoms with Gasteiger partial charge in [-0.1, -0.05) is 149 Å². The van der Waals surface area contributed by atoms with Crippen molar-refractivity contribution in [2.75, 3.05) is 7.11 Å². The van der Waals surface area contributed by atoms with E-state index in [0.29, 0.717) is 11.8 Å². The Bertz CT molecular complexity index is 3250. The van der Waals surface area contributed by atoms with Crippen LogP contribution in [0.1, 0.15) is 60.3 Å². The van der Waals surface area contributed by atoms with Crippen LogP contribution in [0.4, 0.5) is 0 Å². The van der Waals surface area contributed by atoms with Crippen molar-refractivity contribution in [2.24, 2.45) is 5.92 Å². The Balaban J connectivity index is 0.000000216. The summed E-state index contributed by atoms with van der Waals surface area (Å²) >= 11 is 0. The summed E-state index contributed by atoms with van der Waals surface area (Å²) in [5, 5.41) is 6.00. The van der Waals surface area contributed by atoms with Crippen molar-refractivity contribution < 1.29 is 38.4 Å². The smallest absolute Gasteiger partial charge is 0.141 e. The average Bonchev–Trinajstić information content (AvgIpc) is 3.66. The average molecular weight is 1060 g/mol. The van der Waals surface area contributed by atoms with Crippen LogP contribution in [0.5, 0.6) is 5.75 Å². The summed E-state index contributed by atoms with van der Waals surface area (Å²) in [6, 6.07) is 40.4. The number of methoxy groups -OCH3 is 1. The fourth-order valence-electron chi connectivity index (χ4n) is 9.18. The summed E-state index contributed by atoms with van der Waals surface area (Å²) in [7, 11) is 8.83. The van der Waals surface area contributed by atoms with Gasteiger partial charge in [-0.2, -0.15) is 37.1 Å². The van der Waals surface area contributed by atoms with Gasteiger partial charge in [0.15, 0.2) is 0 Å². The van der Waals surface area contributed by atoms with Gasteiger partial charge in [0.2, 0.25) is 0 Å². The van der Waals surface area contributed by atoms with E-state index in [1.165, 1.54) is 16.3 Å². The van der Waals surface area contributed by atoms with Crippen molar-refractivity contribution in [2.45, 2.75) is 67.1 Å². The summed E-state index contributed by atoms with van der Waals surface area (Å²) in [5.41, 5.74) is 16.9. The Morgan fingerprint density at radius 3 is 1.98 bits per heavy atom. The van der Waals surface area contributed by atoms with E-state index in [-0.39, 0.29) is 20.1 Å². The molecule has 0 aliphatic rings. The van der Waals surface area contributed by atoms with Crippen LogP contribution >= 0.6 is 0 Å². The molecule has 0 saturated carbocycles. The molecule has 1 radical (unpaired) electrons. The van der Waals surface area contributed by atoms with Gasteiger partial charge in [0.05, 0.1) is 50.3 Å². The maximum absolute atomic E-state index is 6.84. The number of para-hydroxylation sites is 1. The number of furan rings is 1. The number of nitrogens with zero attached hydrogens (tertiary/aromatic N) is 3. The third kappa shape index (κ3) is 9.26. The van der Waals surface area contributed by atoms with E-state index in [1.54, 1.807) is 7.11 Å². The number of benzene rings is 5. The van der Waals surface area contributed by atoms with Gasteiger partial charge >= 0.3 is 0 Å². The molecule has 5 aromatic carbocycles. The second-order valence-electron chi connectivity index (χ2n) is 19.0. The Labute approximate surface area is 406 Å². The minimum absolute atomic E-state index is 0. The van der Waals surface area contributed by atoms with Crippen molar-refractivity contribution in [3.05, 3.63) is 189 Å². The Morgan fingerprint density at radius 1 is 0.636 bits per heavy atom. The van der Waals surface area contributed by atoms with Crippen molar-refractivity contribution in [3.63, 3.8) is 0 Å². The number of pyridine rings is 3. The van der Waals surface area contributed by atoms with Crippen LogP contribution in [0.3, 0.4) is 0 Å². The van der Waals surface area contributed by atoms with E-state index < -0.39 is 8.07 Å². The van der Waals surface area contributed by atoms with Gasteiger partial charge in [0.25, 0.3) is 0 Å². The Hall–Kier alpha value is -6.24. The first-order valence-electron chi connectivity index (χ1n) is 22.5. The Morgan fingerprint density at radius 2 is 1.30 bits per heavy atom. The molecular weight excluding hydrogens is 1000 g/mol. The van der Waals surface area contributed by atoms with Crippen molar-refractivity contribution in [1.82, 2.24) is 4.98 Å². The second kappa shape index (κ2) is 18.9. The minimum Gasteiger partial charge on any atom is -0.499 e. The number of aryl methyl sites for hydroxylation is 3. The third-order valence-electron chi connectivity index (χ3n) is 12.9. The van der Waals surface area contributed by atoms with E-state index in [9.17, 15) is 0 Å². The number of hydrogen-bond donors (Lipinski definition) is 0. The zero-order valence-electron chi connectivity index (χ0n) is 40.1. The number of hydrogen-bond acceptors (Lipinski definition) is 3. The van der Waals surface area contributed by atoms with E-state index in [1.807, 2.05) is 41.2 Å². The summed E-state index contributed by atoms with van der Waals surface area (Å²) in [4.78, 5) is 4.55. The predicted octanol–water partition coefficient (Wildman–Crippen LogP) is 13.9. The molecule has 0 aliphatic heterocycles. The van der Waals surface area contributed by atoms with E-state index in [2.05, 4.69) is 190 Å². The van der Waals surface area contributed by atoms with E-state index >= 15 is 0 Å². The van der Waals surface area contributed by atoms with E-state index in [4.69, 9.17) is 9.15 Å². The molecule has 7 heteroatoms. The molecule has 9 aromatic rings. The molecule has 1 unspecified atom stereocenters. The SMILES string of the molecule is [CH2-]c1cc(C)c2c(oc3c(-c4cccc(-c5cc(C)nc(C)c5)c4)cccc32)c1-c1cc2ccccc2c[n+]1[CH2-].[CH2-]c1ccc(OC)cc1-c1cc(C(C)C(C)C)c([Si](C)(C)C)c[n+]1[CH2-].[Ir]. The Kier molecular flexibility index (Phi) is 13.7. The summed E-state index contributed by atoms with van der Waals surface area (Å²) in [5.74, 6) is 1.93. The fraction of sp³-hybridized carbons (Fsp3) is 0.203. The molecule has 66 heavy (non-hydrogen) atoms. The molecule has 0 saturated heterocycles. The first kappa shape index (κ1) is 47.7. The molecular formula is C59H61IrN3O2Si-2. The molecule has 4 heterocycles. The number of fused-ring (bicyclic) bond motifs is 4. The van der Waals surface area contributed by atoms with Gasteiger partial charge in [0, 0.05) is 61.9 Å². The van der Waals surface area contributed by atoms with Crippen LogP contribution in [-0.4, -0.2) is 20.2 Å². The molecule has 4 aromatic heterocycles. The van der Waals surface area contributed by atoms with Crippen LogP contribution < -0.4 is 19.1 Å². The summed E-state index contributed by atoms with van der Waals surface area (Å²) in [6.45, 7) is 29.0. The molecule has 9 rings (SSSR count). The monoisotopic (exact) mass is 1060 g/mol. The van der Waals surface area contributed by atoms with Gasteiger partial charge in [-0.15, -0.1) is 5.56 Å². The molecule has 0 fully saturated rings. The first-order chi connectivity index (χ1) is 30.9. The zero-order chi connectivity index (χ0) is 46.5. The quantitative estimate of drug-likeness (QED) is 0.0865. The number of rotatable bonds is 8. The van der Waals surface area contributed by atoms with Crippen LogP contribution in [0.15, 0.2) is 132 Å². The maximum Gasteiger partial charge on any atom is 0.141 e. The van der Waals surface area contributed by atoms with Gasteiger partial charge in [0.1, 0.15) is 5.58 Å². The van der Waals surface area contributed by atoms with Crippen LogP contribution in [0, 0.1) is 54.6 Å². The van der Waals surface area contributed by atoms with Gasteiger partial charge in [-0.25, -0.2) is 0 Å². The van der Waals surface area contributed by atoms with Gasteiger partial charge < -0.3 is 18.3 Å². The normalized spacial score (nSPS) is 12.0. The van der Waals surface area contributed by atoms with Gasteiger partial charge in [-0.05, 0) is 76.5 Å². The molecule has 0 amide bonds. The van der Waals surface area contributed by atoms with E-state index in [0.717, 1.165) is 106 Å². The van der Waals surface area contributed by atoms with Crippen molar-refractivity contribution >= 4 is 46.0 Å². The summed E-state index contributed by atoms with van der Waals surface area (Å²) < 4.78 is 16.2. The minimum atomic E-state index is -1.47. The first-order valence-corrected chi connectivity index (χ1v) is 26.0. The second-order valence-corrected chi connectivity index (χ2v) is 24.0.